The van der Waals surface area contributed by atoms with Crippen molar-refractivity contribution in [3.05, 3.63) is 0 Å². The van der Waals surface area contributed by atoms with Gasteiger partial charge in [0.2, 0.25) is 5.91 Å². The zero-order valence-electron chi connectivity index (χ0n) is 12.0. The van der Waals surface area contributed by atoms with Gasteiger partial charge in [-0.25, -0.2) is 9.59 Å². The Labute approximate surface area is 127 Å². The van der Waals surface area contributed by atoms with Crippen LogP contribution in [0.25, 0.3) is 0 Å². The van der Waals surface area contributed by atoms with Crippen LogP contribution in [0.3, 0.4) is 0 Å². The quantitative estimate of drug-likeness (QED) is 0.791. The minimum atomic E-state index is -0.977. The normalized spacial score (nSPS) is 29.5. The molecule has 2 saturated heterocycles. The van der Waals surface area contributed by atoms with Gasteiger partial charge >= 0.3 is 12.0 Å². The van der Waals surface area contributed by atoms with E-state index >= 15 is 0 Å². The maximum atomic E-state index is 12.7. The molecule has 3 atom stereocenters. The van der Waals surface area contributed by atoms with Crippen molar-refractivity contribution in [2.45, 2.75) is 37.6 Å². The van der Waals surface area contributed by atoms with E-state index in [4.69, 9.17) is 5.73 Å². The average Bonchev–Trinajstić information content (AvgIpc) is 2.90. The van der Waals surface area contributed by atoms with Gasteiger partial charge in [0, 0.05) is 18.8 Å². The van der Waals surface area contributed by atoms with E-state index in [1.165, 1.54) is 16.7 Å². The van der Waals surface area contributed by atoms with E-state index in [2.05, 4.69) is 0 Å². The monoisotopic (exact) mass is 315 g/mol. The highest BCUT2D eigenvalue weighted by Crippen LogP contribution is 2.33. The molecule has 0 aromatic rings. The predicted octanol–water partition coefficient (Wildman–Crippen LogP) is 0.542. The van der Waals surface area contributed by atoms with E-state index in [1.807, 2.05) is 6.92 Å². The van der Waals surface area contributed by atoms with Gasteiger partial charge in [-0.05, 0) is 19.3 Å². The number of nitrogens with zero attached hydrogens (tertiary/aromatic N) is 2. The molecule has 0 spiro atoms. The van der Waals surface area contributed by atoms with Gasteiger partial charge in [0.05, 0.1) is 11.3 Å². The average molecular weight is 315 g/mol. The highest BCUT2D eigenvalue weighted by molar-refractivity contribution is 8.00. The summed E-state index contributed by atoms with van der Waals surface area (Å²) in [6.45, 7) is 2.77. The van der Waals surface area contributed by atoms with Crippen LogP contribution in [-0.4, -0.2) is 63.1 Å². The summed E-state index contributed by atoms with van der Waals surface area (Å²) < 4.78 is 0. The van der Waals surface area contributed by atoms with E-state index in [9.17, 15) is 19.5 Å². The number of nitrogens with two attached hydrogens (primary N) is 1. The Morgan fingerprint density at radius 2 is 2.10 bits per heavy atom. The Bertz CT molecular complexity index is 445. The first-order valence-electron chi connectivity index (χ1n) is 7.16. The maximum Gasteiger partial charge on any atom is 0.327 e. The number of rotatable bonds is 3. The third kappa shape index (κ3) is 3.25. The molecule has 2 rings (SSSR count). The third-order valence-corrected chi connectivity index (χ3v) is 5.50. The first-order chi connectivity index (χ1) is 9.95. The lowest BCUT2D eigenvalue weighted by atomic mass is 9.98. The molecule has 2 aliphatic rings. The van der Waals surface area contributed by atoms with Crippen molar-refractivity contribution in [1.29, 1.82) is 0 Å². The molecular formula is C13H21N3O4S. The van der Waals surface area contributed by atoms with Crippen LogP contribution in [0.1, 0.15) is 26.2 Å². The first kappa shape index (κ1) is 15.9. The number of aliphatic carboxylic acids is 1. The van der Waals surface area contributed by atoms with Crippen molar-refractivity contribution in [3.63, 3.8) is 0 Å². The number of urea groups is 1. The van der Waals surface area contributed by atoms with Crippen molar-refractivity contribution in [1.82, 2.24) is 9.80 Å². The number of likely N-dealkylation sites (tertiary alicyclic amines) is 1. The Morgan fingerprint density at radius 3 is 2.67 bits per heavy atom. The molecule has 2 fully saturated rings. The second kappa shape index (κ2) is 6.55. The van der Waals surface area contributed by atoms with Crippen LogP contribution in [0.4, 0.5) is 4.79 Å². The van der Waals surface area contributed by atoms with Crippen LogP contribution in [0.2, 0.25) is 0 Å². The summed E-state index contributed by atoms with van der Waals surface area (Å²) >= 11 is 1.49. The Hall–Kier alpha value is -1.44. The Kier molecular flexibility index (Phi) is 4.97. The first-order valence-corrected chi connectivity index (χ1v) is 8.21. The number of carbonyl (C=O) groups is 3. The van der Waals surface area contributed by atoms with Gasteiger partial charge in [-0.1, -0.05) is 6.92 Å². The molecule has 2 aliphatic heterocycles. The van der Waals surface area contributed by atoms with E-state index in [-0.39, 0.29) is 23.9 Å². The molecule has 0 bridgehead atoms. The molecule has 7 nitrogen and oxygen atoms in total. The summed E-state index contributed by atoms with van der Waals surface area (Å²) in [6, 6.07) is -1.08. The Morgan fingerprint density at radius 1 is 1.38 bits per heavy atom. The van der Waals surface area contributed by atoms with E-state index in [0.29, 0.717) is 25.1 Å². The van der Waals surface area contributed by atoms with Gasteiger partial charge in [-0.3, -0.25) is 9.69 Å². The smallest absolute Gasteiger partial charge is 0.327 e. The van der Waals surface area contributed by atoms with Crippen molar-refractivity contribution < 1.29 is 19.5 Å². The highest BCUT2D eigenvalue weighted by Gasteiger charge is 2.43. The molecule has 21 heavy (non-hydrogen) atoms. The number of hydrogen-bond acceptors (Lipinski definition) is 4. The molecule has 0 aromatic heterocycles. The van der Waals surface area contributed by atoms with Crippen LogP contribution in [0.15, 0.2) is 0 Å². The second-order valence-corrected chi connectivity index (χ2v) is 6.64. The number of piperidine rings is 1. The van der Waals surface area contributed by atoms with E-state index in [0.717, 1.165) is 6.42 Å². The molecule has 3 N–H and O–H groups in total. The summed E-state index contributed by atoms with van der Waals surface area (Å²) in [5.41, 5.74) is 5.32. The van der Waals surface area contributed by atoms with Gasteiger partial charge in [0.1, 0.15) is 6.04 Å². The van der Waals surface area contributed by atoms with E-state index in [1.54, 1.807) is 4.90 Å². The number of primary amides is 1. The number of amides is 3. The minimum absolute atomic E-state index is 0.118. The van der Waals surface area contributed by atoms with Gasteiger partial charge in [-0.15, -0.1) is 11.8 Å². The van der Waals surface area contributed by atoms with Crippen LogP contribution < -0.4 is 5.73 Å². The summed E-state index contributed by atoms with van der Waals surface area (Å²) in [4.78, 5) is 38.3. The van der Waals surface area contributed by atoms with Crippen molar-refractivity contribution in [2.24, 2.45) is 11.7 Å². The highest BCUT2D eigenvalue weighted by atomic mass is 32.2. The molecule has 3 amide bonds. The third-order valence-electron chi connectivity index (χ3n) is 4.04. The fourth-order valence-corrected chi connectivity index (χ4v) is 4.21. The van der Waals surface area contributed by atoms with Crippen LogP contribution in [-0.2, 0) is 9.59 Å². The fraction of sp³-hybridized carbons (Fsp3) is 0.769. The molecule has 0 radical (unpaired) electrons. The minimum Gasteiger partial charge on any atom is -0.480 e. The molecule has 0 aromatic carbocycles. The lowest BCUT2D eigenvalue weighted by molar-refractivity contribution is -0.141. The zero-order valence-corrected chi connectivity index (χ0v) is 12.8. The molecule has 2 heterocycles. The summed E-state index contributed by atoms with van der Waals surface area (Å²) in [7, 11) is 0. The molecule has 0 aliphatic carbocycles. The predicted molar refractivity (Wildman–Crippen MR) is 78.7 cm³/mol. The van der Waals surface area contributed by atoms with Gasteiger partial charge < -0.3 is 15.7 Å². The number of carbonyl (C=O) groups excluding carboxylic acids is 2. The molecular weight excluding hydrogens is 294 g/mol. The van der Waals surface area contributed by atoms with E-state index < -0.39 is 17.9 Å². The zero-order chi connectivity index (χ0) is 15.6. The topological polar surface area (TPSA) is 104 Å². The Balaban J connectivity index is 2.12. The molecule has 3 unspecified atom stereocenters. The maximum absolute atomic E-state index is 12.7. The summed E-state index contributed by atoms with van der Waals surface area (Å²) in [6.07, 6.45) is 2.11. The second-order valence-electron chi connectivity index (χ2n) is 5.43. The van der Waals surface area contributed by atoms with Gasteiger partial charge in [0.15, 0.2) is 0 Å². The number of thioether (sulfide) groups is 1. The largest absolute Gasteiger partial charge is 0.480 e. The molecule has 0 saturated carbocycles. The number of carboxylic acids is 1. The van der Waals surface area contributed by atoms with Crippen molar-refractivity contribution >= 4 is 29.7 Å². The lowest BCUT2D eigenvalue weighted by Gasteiger charge is -2.37. The standard InChI is InChI=1S/C13H21N3O4S/c1-2-10-16(9(7-21-10)12(18)19)13(20)15-5-3-4-8(6-15)11(14)17/h8-10H,2-7H2,1H3,(H2,14,17)(H,18,19). The number of hydrogen-bond donors (Lipinski definition) is 2. The fourth-order valence-electron chi connectivity index (χ4n) is 2.87. The van der Waals surface area contributed by atoms with Gasteiger partial charge in [0.25, 0.3) is 0 Å². The SMILES string of the molecule is CCC1SCC(C(=O)O)N1C(=O)N1CCCC(C(N)=O)C1. The van der Waals surface area contributed by atoms with Crippen LogP contribution in [0, 0.1) is 5.92 Å². The van der Waals surface area contributed by atoms with Crippen LogP contribution >= 0.6 is 11.8 Å². The summed E-state index contributed by atoms with van der Waals surface area (Å²) in [5.74, 6) is -1.30. The van der Waals surface area contributed by atoms with Crippen molar-refractivity contribution in [2.75, 3.05) is 18.8 Å². The summed E-state index contributed by atoms with van der Waals surface area (Å²) in [5, 5.41) is 9.17. The lowest BCUT2D eigenvalue weighted by Crippen LogP contribution is -2.54. The van der Waals surface area contributed by atoms with Crippen LogP contribution in [0.5, 0.6) is 0 Å². The van der Waals surface area contributed by atoms with Gasteiger partial charge in [-0.2, -0.15) is 0 Å². The number of carboxylic acid groups (broad SMARTS) is 1. The molecule has 118 valence electrons. The molecule has 8 heteroatoms. The van der Waals surface area contributed by atoms with Crippen molar-refractivity contribution in [3.8, 4) is 0 Å².